The summed E-state index contributed by atoms with van der Waals surface area (Å²) in [6.07, 6.45) is 1.17. The largest absolute Gasteiger partial charge is 0.322 e. The zero-order chi connectivity index (χ0) is 15.2. The number of halogens is 2. The molecule has 0 unspecified atom stereocenters. The van der Waals surface area contributed by atoms with Crippen LogP contribution >= 0.6 is 11.6 Å². The minimum absolute atomic E-state index is 0.0441. The number of carbonyl (C=O) groups is 1. The van der Waals surface area contributed by atoms with Crippen LogP contribution in [0.1, 0.15) is 12.0 Å². The van der Waals surface area contributed by atoms with E-state index in [0.29, 0.717) is 17.9 Å². The second-order valence-electron chi connectivity index (χ2n) is 4.74. The summed E-state index contributed by atoms with van der Waals surface area (Å²) in [5.74, 6) is -0.963. The van der Waals surface area contributed by atoms with Crippen LogP contribution in [0, 0.1) is 5.82 Å². The molecule has 0 heterocycles. The zero-order valence-electron chi connectivity index (χ0n) is 11.4. The van der Waals surface area contributed by atoms with Gasteiger partial charge >= 0.3 is 0 Å². The van der Waals surface area contributed by atoms with Crippen molar-refractivity contribution in [3.05, 3.63) is 64.9 Å². The Morgan fingerprint density at radius 1 is 1.24 bits per heavy atom. The van der Waals surface area contributed by atoms with E-state index in [1.54, 1.807) is 0 Å². The molecule has 5 heteroatoms. The Bertz CT molecular complexity index is 619. The predicted octanol–water partition coefficient (Wildman–Crippen LogP) is 3.38. The van der Waals surface area contributed by atoms with Gasteiger partial charge in [0.2, 0.25) is 5.91 Å². The summed E-state index contributed by atoms with van der Waals surface area (Å²) >= 11 is 5.77. The van der Waals surface area contributed by atoms with Gasteiger partial charge in [0, 0.05) is 5.02 Å². The molecule has 2 aromatic carbocycles. The Balaban J connectivity index is 1.92. The van der Waals surface area contributed by atoms with Crippen molar-refractivity contribution < 1.29 is 9.18 Å². The van der Waals surface area contributed by atoms with E-state index >= 15 is 0 Å². The molecule has 2 aromatic rings. The SMILES string of the molecule is N[C@@H](CCc1ccccc1)C(=O)Nc1cc(Cl)ccc1F. The maximum atomic E-state index is 13.5. The fraction of sp³-hybridized carbons (Fsp3) is 0.188. The van der Waals surface area contributed by atoms with Crippen molar-refractivity contribution in [2.24, 2.45) is 5.73 Å². The van der Waals surface area contributed by atoms with Crippen molar-refractivity contribution in [1.29, 1.82) is 0 Å². The summed E-state index contributed by atoms with van der Waals surface area (Å²) in [6.45, 7) is 0. The number of amides is 1. The number of hydrogen-bond donors (Lipinski definition) is 2. The van der Waals surface area contributed by atoms with E-state index in [9.17, 15) is 9.18 Å². The van der Waals surface area contributed by atoms with E-state index in [0.717, 1.165) is 5.56 Å². The van der Waals surface area contributed by atoms with Gasteiger partial charge in [-0.15, -0.1) is 0 Å². The Labute approximate surface area is 127 Å². The zero-order valence-corrected chi connectivity index (χ0v) is 12.1. The molecule has 0 bridgehead atoms. The molecule has 3 nitrogen and oxygen atoms in total. The van der Waals surface area contributed by atoms with Crippen molar-refractivity contribution in [3.63, 3.8) is 0 Å². The van der Waals surface area contributed by atoms with Crippen LogP contribution in [-0.4, -0.2) is 11.9 Å². The molecular formula is C16H16ClFN2O. The van der Waals surface area contributed by atoms with Gasteiger partial charge in [0.1, 0.15) is 5.82 Å². The third-order valence-electron chi connectivity index (χ3n) is 3.11. The highest BCUT2D eigenvalue weighted by Crippen LogP contribution is 2.19. The van der Waals surface area contributed by atoms with Crippen molar-refractivity contribution in [3.8, 4) is 0 Å². The molecule has 0 saturated carbocycles. The highest BCUT2D eigenvalue weighted by Gasteiger charge is 2.15. The molecule has 3 N–H and O–H groups in total. The van der Waals surface area contributed by atoms with E-state index in [1.165, 1.54) is 18.2 Å². The minimum atomic E-state index is -0.705. The van der Waals surface area contributed by atoms with E-state index in [-0.39, 0.29) is 5.69 Å². The van der Waals surface area contributed by atoms with Crippen LogP contribution < -0.4 is 11.1 Å². The number of nitrogens with one attached hydrogen (secondary N) is 1. The van der Waals surface area contributed by atoms with Crippen LogP contribution in [0.5, 0.6) is 0 Å². The van der Waals surface area contributed by atoms with Crippen molar-refractivity contribution in [2.75, 3.05) is 5.32 Å². The highest BCUT2D eigenvalue weighted by atomic mass is 35.5. The van der Waals surface area contributed by atoms with Crippen molar-refractivity contribution in [1.82, 2.24) is 0 Å². The van der Waals surface area contributed by atoms with Gasteiger partial charge in [0.05, 0.1) is 11.7 Å². The fourth-order valence-corrected chi connectivity index (χ4v) is 2.09. The van der Waals surface area contributed by atoms with Crippen LogP contribution in [0.4, 0.5) is 10.1 Å². The van der Waals surface area contributed by atoms with Crippen LogP contribution in [0.2, 0.25) is 5.02 Å². The Hall–Kier alpha value is -1.91. The first-order chi connectivity index (χ1) is 10.1. The molecule has 21 heavy (non-hydrogen) atoms. The first kappa shape index (κ1) is 15.5. The smallest absolute Gasteiger partial charge is 0.241 e. The fourth-order valence-electron chi connectivity index (χ4n) is 1.92. The van der Waals surface area contributed by atoms with Gasteiger partial charge in [-0.05, 0) is 36.6 Å². The molecule has 1 atom stereocenters. The van der Waals surface area contributed by atoms with Gasteiger partial charge in [0.25, 0.3) is 0 Å². The Morgan fingerprint density at radius 3 is 2.67 bits per heavy atom. The van der Waals surface area contributed by atoms with E-state index in [2.05, 4.69) is 5.32 Å². The highest BCUT2D eigenvalue weighted by molar-refractivity contribution is 6.30. The van der Waals surface area contributed by atoms with Gasteiger partial charge < -0.3 is 11.1 Å². The van der Waals surface area contributed by atoms with E-state index < -0.39 is 17.8 Å². The van der Waals surface area contributed by atoms with E-state index in [4.69, 9.17) is 17.3 Å². The molecule has 0 aliphatic rings. The van der Waals surface area contributed by atoms with Crippen LogP contribution in [0.25, 0.3) is 0 Å². The van der Waals surface area contributed by atoms with Gasteiger partial charge in [-0.3, -0.25) is 4.79 Å². The number of anilines is 1. The average Bonchev–Trinajstić information content (AvgIpc) is 2.49. The summed E-state index contributed by atoms with van der Waals surface area (Å²) in [4.78, 5) is 12.0. The van der Waals surface area contributed by atoms with Gasteiger partial charge in [-0.2, -0.15) is 0 Å². The number of hydrogen-bond acceptors (Lipinski definition) is 2. The number of nitrogens with two attached hydrogens (primary N) is 1. The first-order valence-electron chi connectivity index (χ1n) is 6.61. The van der Waals surface area contributed by atoms with Crippen molar-refractivity contribution in [2.45, 2.75) is 18.9 Å². The first-order valence-corrected chi connectivity index (χ1v) is 6.99. The lowest BCUT2D eigenvalue weighted by molar-refractivity contribution is -0.117. The Kier molecular flexibility index (Phi) is 5.31. The van der Waals surface area contributed by atoms with Crippen LogP contribution in [0.15, 0.2) is 48.5 Å². The summed E-state index contributed by atoms with van der Waals surface area (Å²) in [5.41, 5.74) is 6.98. The summed E-state index contributed by atoms with van der Waals surface area (Å²) in [7, 11) is 0. The molecule has 0 aromatic heterocycles. The second-order valence-corrected chi connectivity index (χ2v) is 5.18. The van der Waals surface area contributed by atoms with Crippen LogP contribution in [-0.2, 0) is 11.2 Å². The molecule has 2 rings (SSSR count). The molecular weight excluding hydrogens is 291 g/mol. The quantitative estimate of drug-likeness (QED) is 0.890. The maximum Gasteiger partial charge on any atom is 0.241 e. The number of aryl methyl sites for hydroxylation is 1. The monoisotopic (exact) mass is 306 g/mol. The third kappa shape index (κ3) is 4.55. The normalized spacial score (nSPS) is 12.0. The van der Waals surface area contributed by atoms with Crippen LogP contribution in [0.3, 0.4) is 0 Å². The third-order valence-corrected chi connectivity index (χ3v) is 3.34. The van der Waals surface area contributed by atoms with Gasteiger partial charge in [-0.1, -0.05) is 41.9 Å². The standard InChI is InChI=1S/C16H16ClFN2O/c17-12-7-8-13(18)15(10-12)20-16(21)14(19)9-6-11-4-2-1-3-5-11/h1-5,7-8,10,14H,6,9,19H2,(H,20,21)/t14-/m0/s1. The summed E-state index contributed by atoms with van der Waals surface area (Å²) in [5, 5.41) is 2.82. The minimum Gasteiger partial charge on any atom is -0.322 e. The summed E-state index contributed by atoms with van der Waals surface area (Å²) in [6, 6.07) is 13.0. The molecule has 0 radical (unpaired) electrons. The number of rotatable bonds is 5. The van der Waals surface area contributed by atoms with Crippen molar-refractivity contribution >= 4 is 23.2 Å². The lowest BCUT2D eigenvalue weighted by atomic mass is 10.1. The maximum absolute atomic E-state index is 13.5. The molecule has 1 amide bonds. The molecule has 110 valence electrons. The van der Waals surface area contributed by atoms with Gasteiger partial charge in [-0.25, -0.2) is 4.39 Å². The van der Waals surface area contributed by atoms with Gasteiger partial charge in [0.15, 0.2) is 0 Å². The molecule has 0 aliphatic heterocycles. The molecule has 0 saturated heterocycles. The number of benzene rings is 2. The average molecular weight is 307 g/mol. The Morgan fingerprint density at radius 2 is 1.95 bits per heavy atom. The molecule has 0 aliphatic carbocycles. The summed E-state index contributed by atoms with van der Waals surface area (Å²) < 4.78 is 13.5. The van der Waals surface area contributed by atoms with E-state index in [1.807, 2.05) is 30.3 Å². The topological polar surface area (TPSA) is 55.1 Å². The second kappa shape index (κ2) is 7.20. The lowest BCUT2D eigenvalue weighted by Crippen LogP contribution is -2.36. The number of carbonyl (C=O) groups excluding carboxylic acids is 1. The molecule has 0 spiro atoms. The molecule has 0 fully saturated rings. The lowest BCUT2D eigenvalue weighted by Gasteiger charge is -2.13. The predicted molar refractivity (Wildman–Crippen MR) is 82.8 cm³/mol.